The van der Waals surface area contributed by atoms with Gasteiger partial charge in [0.2, 0.25) is 0 Å². The Morgan fingerprint density at radius 1 is 1.47 bits per heavy atom. The number of halogens is 3. The van der Waals surface area contributed by atoms with Crippen LogP contribution in [0.25, 0.3) is 0 Å². The van der Waals surface area contributed by atoms with E-state index in [-0.39, 0.29) is 5.91 Å². The Kier molecular flexibility index (Phi) is 4.65. The molecule has 1 aromatic carbocycles. The molecule has 104 valence electrons. The van der Waals surface area contributed by atoms with Crippen molar-refractivity contribution < 1.29 is 9.90 Å². The zero-order valence-corrected chi connectivity index (χ0v) is 14.1. The molecule has 0 radical (unpaired) electrons. The van der Waals surface area contributed by atoms with Crippen LogP contribution in [0.15, 0.2) is 12.1 Å². The Morgan fingerprint density at radius 2 is 2.16 bits per heavy atom. The molecule has 19 heavy (non-hydrogen) atoms. The molecule has 0 bridgehead atoms. The second-order valence-electron chi connectivity index (χ2n) is 5.08. The standard InChI is InChI=1S/C13H14Cl2INO2/c1-13(19)3-2-4-17(7-13)12(18)9-5-8(14)6-10(15)11(9)16/h5-6,19H,2-4,7H2,1H3. The number of carbonyl (C=O) groups is 1. The third kappa shape index (κ3) is 3.54. The predicted octanol–water partition coefficient (Wildman–Crippen LogP) is 3.59. The normalized spacial score (nSPS) is 23.5. The number of nitrogens with zero attached hydrogens (tertiary/aromatic N) is 1. The van der Waals surface area contributed by atoms with Gasteiger partial charge in [-0.1, -0.05) is 23.2 Å². The van der Waals surface area contributed by atoms with Gasteiger partial charge in [0, 0.05) is 21.7 Å². The molecule has 0 spiro atoms. The van der Waals surface area contributed by atoms with E-state index >= 15 is 0 Å². The lowest BCUT2D eigenvalue weighted by atomic mass is 9.94. The second-order valence-corrected chi connectivity index (χ2v) is 7.00. The summed E-state index contributed by atoms with van der Waals surface area (Å²) in [5.74, 6) is -0.131. The van der Waals surface area contributed by atoms with Gasteiger partial charge in [0.15, 0.2) is 0 Å². The number of amides is 1. The van der Waals surface area contributed by atoms with E-state index in [4.69, 9.17) is 23.2 Å². The summed E-state index contributed by atoms with van der Waals surface area (Å²) in [5.41, 5.74) is -0.322. The quantitative estimate of drug-likeness (QED) is 0.564. The highest BCUT2D eigenvalue weighted by atomic mass is 127. The van der Waals surface area contributed by atoms with Gasteiger partial charge in [0.25, 0.3) is 5.91 Å². The average Bonchev–Trinajstić information content (AvgIpc) is 2.31. The first kappa shape index (κ1) is 15.4. The Morgan fingerprint density at radius 3 is 2.79 bits per heavy atom. The van der Waals surface area contributed by atoms with Crippen molar-refractivity contribution >= 4 is 51.7 Å². The Balaban J connectivity index is 2.29. The van der Waals surface area contributed by atoms with E-state index in [1.807, 2.05) is 22.6 Å². The highest BCUT2D eigenvalue weighted by Gasteiger charge is 2.32. The molecule has 1 atom stereocenters. The summed E-state index contributed by atoms with van der Waals surface area (Å²) in [4.78, 5) is 14.2. The third-order valence-corrected chi connectivity index (χ3v) is 5.18. The topological polar surface area (TPSA) is 40.5 Å². The number of rotatable bonds is 1. The molecule has 1 aromatic rings. The summed E-state index contributed by atoms with van der Waals surface area (Å²) < 4.78 is 0.693. The van der Waals surface area contributed by atoms with Crippen LogP contribution in [0.1, 0.15) is 30.1 Å². The van der Waals surface area contributed by atoms with Crippen LogP contribution in [0.2, 0.25) is 10.0 Å². The minimum atomic E-state index is -0.818. The van der Waals surface area contributed by atoms with Crippen LogP contribution in [-0.4, -0.2) is 34.6 Å². The molecule has 0 aliphatic carbocycles. The molecule has 1 aliphatic heterocycles. The van der Waals surface area contributed by atoms with E-state index in [1.165, 1.54) is 0 Å². The van der Waals surface area contributed by atoms with E-state index in [9.17, 15) is 9.90 Å². The number of aliphatic hydroxyl groups is 1. The highest BCUT2D eigenvalue weighted by molar-refractivity contribution is 14.1. The number of hydrogen-bond donors (Lipinski definition) is 1. The molecule has 1 saturated heterocycles. The maximum atomic E-state index is 12.5. The predicted molar refractivity (Wildman–Crippen MR) is 84.9 cm³/mol. The lowest BCUT2D eigenvalue weighted by Gasteiger charge is -2.37. The SMILES string of the molecule is CC1(O)CCCN(C(=O)c2cc(Cl)cc(Cl)c2I)C1. The number of likely N-dealkylation sites (tertiary alicyclic amines) is 1. The molecule has 1 N–H and O–H groups in total. The molecule has 1 fully saturated rings. The molecule has 3 nitrogen and oxygen atoms in total. The van der Waals surface area contributed by atoms with Gasteiger partial charge < -0.3 is 10.0 Å². The van der Waals surface area contributed by atoms with Crippen molar-refractivity contribution in [3.05, 3.63) is 31.3 Å². The zero-order chi connectivity index (χ0) is 14.2. The number of hydrogen-bond acceptors (Lipinski definition) is 2. The fraction of sp³-hybridized carbons (Fsp3) is 0.462. The maximum Gasteiger partial charge on any atom is 0.255 e. The molecule has 2 rings (SSSR count). The van der Waals surface area contributed by atoms with Gasteiger partial charge in [-0.2, -0.15) is 0 Å². The van der Waals surface area contributed by atoms with Gasteiger partial charge in [-0.3, -0.25) is 4.79 Å². The fourth-order valence-electron chi connectivity index (χ4n) is 2.28. The van der Waals surface area contributed by atoms with Crippen LogP contribution in [0.4, 0.5) is 0 Å². The average molecular weight is 414 g/mol. The Bertz CT molecular complexity index is 520. The maximum absolute atomic E-state index is 12.5. The van der Waals surface area contributed by atoms with Crippen LogP contribution in [0.5, 0.6) is 0 Å². The first-order valence-electron chi connectivity index (χ1n) is 5.96. The summed E-state index contributed by atoms with van der Waals surface area (Å²) in [6, 6.07) is 3.24. The van der Waals surface area contributed by atoms with Gasteiger partial charge in [-0.05, 0) is 54.5 Å². The third-order valence-electron chi connectivity index (χ3n) is 3.19. The molecule has 6 heteroatoms. The zero-order valence-electron chi connectivity index (χ0n) is 10.4. The molecule has 0 saturated carbocycles. The molecule has 1 amide bonds. The van der Waals surface area contributed by atoms with Crippen LogP contribution in [0, 0.1) is 3.57 Å². The van der Waals surface area contributed by atoms with Crippen LogP contribution in [-0.2, 0) is 0 Å². The minimum Gasteiger partial charge on any atom is -0.388 e. The largest absolute Gasteiger partial charge is 0.388 e. The van der Waals surface area contributed by atoms with Crippen molar-refractivity contribution in [3.8, 4) is 0 Å². The monoisotopic (exact) mass is 413 g/mol. The van der Waals surface area contributed by atoms with Crippen molar-refractivity contribution in [1.82, 2.24) is 4.90 Å². The Labute approximate surface area is 136 Å². The van der Waals surface area contributed by atoms with Gasteiger partial charge in [-0.25, -0.2) is 0 Å². The lowest BCUT2D eigenvalue weighted by molar-refractivity contribution is -0.0107. The first-order chi connectivity index (χ1) is 8.80. The van der Waals surface area contributed by atoms with E-state index in [1.54, 1.807) is 24.0 Å². The number of benzene rings is 1. The van der Waals surface area contributed by atoms with E-state index < -0.39 is 5.60 Å². The van der Waals surface area contributed by atoms with Crippen molar-refractivity contribution in [2.24, 2.45) is 0 Å². The summed E-state index contributed by atoms with van der Waals surface area (Å²) in [6.45, 7) is 2.74. The van der Waals surface area contributed by atoms with Crippen LogP contribution in [0.3, 0.4) is 0 Å². The van der Waals surface area contributed by atoms with Gasteiger partial charge in [0.05, 0.1) is 16.2 Å². The smallest absolute Gasteiger partial charge is 0.255 e. The molecule has 1 aliphatic rings. The van der Waals surface area contributed by atoms with Gasteiger partial charge in [0.1, 0.15) is 0 Å². The van der Waals surface area contributed by atoms with Gasteiger partial charge >= 0.3 is 0 Å². The van der Waals surface area contributed by atoms with E-state index in [0.29, 0.717) is 38.7 Å². The second kappa shape index (κ2) is 5.76. The van der Waals surface area contributed by atoms with Crippen molar-refractivity contribution in [2.45, 2.75) is 25.4 Å². The van der Waals surface area contributed by atoms with Crippen LogP contribution >= 0.6 is 45.8 Å². The molecule has 0 aromatic heterocycles. The summed E-state index contributed by atoms with van der Waals surface area (Å²) in [5, 5.41) is 11.0. The van der Waals surface area contributed by atoms with Crippen LogP contribution < -0.4 is 0 Å². The van der Waals surface area contributed by atoms with E-state index in [0.717, 1.165) is 6.42 Å². The van der Waals surface area contributed by atoms with Crippen molar-refractivity contribution in [2.75, 3.05) is 13.1 Å². The first-order valence-corrected chi connectivity index (χ1v) is 7.80. The summed E-state index contributed by atoms with van der Waals surface area (Å²) in [7, 11) is 0. The number of carbonyl (C=O) groups excluding carboxylic acids is 1. The van der Waals surface area contributed by atoms with Gasteiger partial charge in [-0.15, -0.1) is 0 Å². The highest BCUT2D eigenvalue weighted by Crippen LogP contribution is 2.29. The van der Waals surface area contributed by atoms with Crippen molar-refractivity contribution in [1.29, 1.82) is 0 Å². The summed E-state index contributed by atoms with van der Waals surface area (Å²) >= 11 is 14.0. The summed E-state index contributed by atoms with van der Waals surface area (Å²) in [6.07, 6.45) is 1.51. The molecular weight excluding hydrogens is 400 g/mol. The molecular formula is C13H14Cl2INO2. The number of piperidine rings is 1. The fourth-order valence-corrected chi connectivity index (χ4v) is 3.31. The Hall–Kier alpha value is -0.0400. The number of β-amino-alcohol motifs (C(OH)–C–C–N with tert-alkyl or cyclic N) is 1. The lowest BCUT2D eigenvalue weighted by Crippen LogP contribution is -2.48. The van der Waals surface area contributed by atoms with Crippen molar-refractivity contribution in [3.63, 3.8) is 0 Å². The molecule has 1 unspecified atom stereocenters. The van der Waals surface area contributed by atoms with E-state index in [2.05, 4.69) is 0 Å². The molecule has 1 heterocycles. The minimum absolute atomic E-state index is 0.131.